The van der Waals surface area contributed by atoms with E-state index in [1.165, 1.54) is 50.1 Å². The van der Waals surface area contributed by atoms with Crippen LogP contribution in [0.25, 0.3) is 44.2 Å². The highest BCUT2D eigenvalue weighted by Gasteiger charge is 2.39. The van der Waals surface area contributed by atoms with Crippen LogP contribution in [-0.4, -0.2) is 0 Å². The van der Waals surface area contributed by atoms with Gasteiger partial charge in [0.05, 0.1) is 0 Å². The molecule has 49 heavy (non-hydrogen) atoms. The maximum absolute atomic E-state index is 6.56. The summed E-state index contributed by atoms with van der Waals surface area (Å²) in [6, 6.07) is 43.1. The van der Waals surface area contributed by atoms with Crippen molar-refractivity contribution in [2.24, 2.45) is 0 Å². The highest BCUT2D eigenvalue weighted by molar-refractivity contribution is 6.07. The average molecular weight is 638 g/mol. The van der Waals surface area contributed by atoms with E-state index in [0.717, 1.165) is 44.6 Å². The van der Waals surface area contributed by atoms with E-state index in [9.17, 15) is 0 Å². The first-order valence-electron chi connectivity index (χ1n) is 17.6. The lowest BCUT2D eigenvalue weighted by Crippen LogP contribution is -2.18. The Morgan fingerprint density at radius 1 is 0.531 bits per heavy atom. The Labute approximate surface area is 290 Å². The van der Waals surface area contributed by atoms with Crippen molar-refractivity contribution in [1.29, 1.82) is 0 Å². The van der Waals surface area contributed by atoms with Gasteiger partial charge in [0.1, 0.15) is 11.2 Å². The monoisotopic (exact) mass is 637 g/mol. The molecule has 0 N–H and O–H groups in total. The molecule has 9 rings (SSSR count). The summed E-state index contributed by atoms with van der Waals surface area (Å²) in [5, 5.41) is 2.31. The van der Waals surface area contributed by atoms with E-state index >= 15 is 0 Å². The maximum atomic E-state index is 6.56. The molecule has 2 aliphatic carbocycles. The first-order chi connectivity index (χ1) is 23.4. The van der Waals surface area contributed by atoms with Crippen molar-refractivity contribution in [3.05, 3.63) is 149 Å². The maximum Gasteiger partial charge on any atom is 0.138 e. The summed E-state index contributed by atoms with van der Waals surface area (Å²) in [5.74, 6) is 0. The van der Waals surface area contributed by atoms with Crippen LogP contribution < -0.4 is 4.90 Å². The highest BCUT2D eigenvalue weighted by Crippen LogP contribution is 2.55. The van der Waals surface area contributed by atoms with Gasteiger partial charge in [0, 0.05) is 44.7 Å². The fourth-order valence-electron chi connectivity index (χ4n) is 8.89. The molecule has 0 saturated heterocycles. The van der Waals surface area contributed by atoms with Crippen LogP contribution >= 0.6 is 0 Å². The molecule has 6 aromatic carbocycles. The Balaban J connectivity index is 1.27. The molecule has 2 heteroatoms. The zero-order valence-electron chi connectivity index (χ0n) is 29.8. The van der Waals surface area contributed by atoms with Gasteiger partial charge in [0.25, 0.3) is 0 Å². The van der Waals surface area contributed by atoms with Gasteiger partial charge < -0.3 is 9.32 Å². The van der Waals surface area contributed by atoms with E-state index in [0.29, 0.717) is 0 Å². The van der Waals surface area contributed by atoms with Gasteiger partial charge in [-0.25, -0.2) is 0 Å². The first kappa shape index (κ1) is 30.0. The minimum atomic E-state index is -0.130. The number of benzene rings is 6. The van der Waals surface area contributed by atoms with Gasteiger partial charge in [-0.15, -0.1) is 0 Å². The highest BCUT2D eigenvalue weighted by atomic mass is 16.3. The van der Waals surface area contributed by atoms with Crippen molar-refractivity contribution in [2.45, 2.75) is 71.6 Å². The molecule has 1 aromatic heterocycles. The molecule has 2 aliphatic rings. The summed E-state index contributed by atoms with van der Waals surface area (Å²) < 4.78 is 6.56. The third kappa shape index (κ3) is 4.19. The SMILES string of the molecule is Cc1cccc2c1oc1cc(N(c3ccc4c(c3)C(C)(C)c3ccccc3-4)c3ccc4c(c3)C(C)(C)c3cccc(C(C)(C)C)c3-4)ccc12. The third-order valence-corrected chi connectivity index (χ3v) is 11.5. The second kappa shape index (κ2) is 9.98. The number of nitrogens with zero attached hydrogens (tertiary/aromatic N) is 1. The number of aryl methyl sites for hydroxylation is 1. The minimum Gasteiger partial charge on any atom is -0.456 e. The van der Waals surface area contributed by atoms with Gasteiger partial charge in [0.2, 0.25) is 0 Å². The van der Waals surface area contributed by atoms with Crippen LogP contribution in [0.1, 0.15) is 81.8 Å². The van der Waals surface area contributed by atoms with Crippen LogP contribution in [0, 0.1) is 6.92 Å². The Kier molecular flexibility index (Phi) is 6.11. The van der Waals surface area contributed by atoms with E-state index < -0.39 is 0 Å². The molecule has 0 aliphatic heterocycles. The van der Waals surface area contributed by atoms with Crippen LogP contribution in [0.15, 0.2) is 120 Å². The summed E-state index contributed by atoms with van der Waals surface area (Å²) in [7, 11) is 0. The van der Waals surface area contributed by atoms with Crippen molar-refractivity contribution >= 4 is 39.0 Å². The fraction of sp³-hybridized carbons (Fsp3) is 0.234. The molecule has 0 unspecified atom stereocenters. The van der Waals surface area contributed by atoms with Crippen LogP contribution in [0.5, 0.6) is 0 Å². The van der Waals surface area contributed by atoms with Crippen LogP contribution in [0.4, 0.5) is 17.1 Å². The molecule has 0 radical (unpaired) electrons. The first-order valence-corrected chi connectivity index (χ1v) is 17.6. The summed E-state index contributed by atoms with van der Waals surface area (Å²) in [5.41, 5.74) is 18.6. The lowest BCUT2D eigenvalue weighted by Gasteiger charge is -2.29. The normalized spacial score (nSPS) is 15.3. The second-order valence-corrected chi connectivity index (χ2v) is 16.3. The van der Waals surface area contributed by atoms with E-state index in [4.69, 9.17) is 4.42 Å². The molecule has 0 atom stereocenters. The molecule has 0 amide bonds. The number of furan rings is 1. The average Bonchev–Trinajstić information content (AvgIpc) is 3.65. The Hall–Kier alpha value is -5.08. The quantitative estimate of drug-likeness (QED) is 0.192. The fourth-order valence-corrected chi connectivity index (χ4v) is 8.89. The molecule has 2 nitrogen and oxygen atoms in total. The lowest BCUT2D eigenvalue weighted by molar-refractivity contribution is 0.589. The van der Waals surface area contributed by atoms with Gasteiger partial charge in [-0.3, -0.25) is 0 Å². The minimum absolute atomic E-state index is 0.0445. The molecule has 0 saturated carbocycles. The number of hydrogen-bond acceptors (Lipinski definition) is 2. The van der Waals surface area contributed by atoms with E-state index in [1.54, 1.807) is 0 Å². The van der Waals surface area contributed by atoms with Crippen molar-refractivity contribution in [3.63, 3.8) is 0 Å². The van der Waals surface area contributed by atoms with Gasteiger partial charge in [0.15, 0.2) is 0 Å². The van der Waals surface area contributed by atoms with E-state index in [2.05, 4.69) is 176 Å². The molecular formula is C47H43NO. The number of rotatable bonds is 3. The zero-order chi connectivity index (χ0) is 34.0. The molecular weight excluding hydrogens is 595 g/mol. The number of anilines is 3. The van der Waals surface area contributed by atoms with Crippen LogP contribution in [0.3, 0.4) is 0 Å². The van der Waals surface area contributed by atoms with Crippen molar-refractivity contribution in [1.82, 2.24) is 0 Å². The summed E-state index contributed by atoms with van der Waals surface area (Å²) in [6.07, 6.45) is 0. The Morgan fingerprint density at radius 3 is 1.88 bits per heavy atom. The Bertz CT molecular complexity index is 2500. The zero-order valence-corrected chi connectivity index (χ0v) is 29.8. The standard InChI is InChI=1S/C47H43NO/c1-28-13-11-15-35-34-23-20-31(27-42(34)49-44(28)35)48(29-19-22-33-32-14-9-10-16-37(32)46(5,6)40(33)25-29)30-21-24-36-41(26-30)47(7,8)39-18-12-17-38(43(36)39)45(2,3)4/h9-27H,1-8H3. The topological polar surface area (TPSA) is 16.4 Å². The van der Waals surface area contributed by atoms with Gasteiger partial charge in [-0.05, 0) is 104 Å². The Morgan fingerprint density at radius 2 is 1.12 bits per heavy atom. The molecule has 242 valence electrons. The third-order valence-electron chi connectivity index (χ3n) is 11.5. The molecule has 0 fully saturated rings. The van der Waals surface area contributed by atoms with Crippen molar-refractivity contribution < 1.29 is 4.42 Å². The summed E-state index contributed by atoms with van der Waals surface area (Å²) in [6.45, 7) is 18.6. The second-order valence-electron chi connectivity index (χ2n) is 16.3. The molecule has 0 spiro atoms. The smallest absolute Gasteiger partial charge is 0.138 e. The lowest BCUT2D eigenvalue weighted by atomic mass is 9.79. The number of fused-ring (bicyclic) bond motifs is 9. The predicted molar refractivity (Wildman–Crippen MR) is 207 cm³/mol. The van der Waals surface area contributed by atoms with Gasteiger partial charge >= 0.3 is 0 Å². The molecule has 0 bridgehead atoms. The largest absolute Gasteiger partial charge is 0.456 e. The van der Waals surface area contributed by atoms with E-state index in [1.807, 2.05) is 0 Å². The molecule has 7 aromatic rings. The van der Waals surface area contributed by atoms with Gasteiger partial charge in [-0.1, -0.05) is 121 Å². The summed E-state index contributed by atoms with van der Waals surface area (Å²) >= 11 is 0. The van der Waals surface area contributed by atoms with Crippen molar-refractivity contribution in [2.75, 3.05) is 4.90 Å². The number of para-hydroxylation sites is 1. The van der Waals surface area contributed by atoms with E-state index in [-0.39, 0.29) is 16.2 Å². The molecule has 1 heterocycles. The summed E-state index contributed by atoms with van der Waals surface area (Å²) in [4.78, 5) is 2.43. The number of hydrogen-bond donors (Lipinski definition) is 0. The predicted octanol–water partition coefficient (Wildman–Crippen LogP) is 13.3. The van der Waals surface area contributed by atoms with Gasteiger partial charge in [-0.2, -0.15) is 0 Å². The van der Waals surface area contributed by atoms with Crippen molar-refractivity contribution in [3.8, 4) is 22.3 Å². The van der Waals surface area contributed by atoms with Crippen LogP contribution in [-0.2, 0) is 16.2 Å². The van der Waals surface area contributed by atoms with Crippen LogP contribution in [0.2, 0.25) is 0 Å².